The second-order valence-corrected chi connectivity index (χ2v) is 5.36. The maximum atomic E-state index is 12.8. The van der Waals surface area contributed by atoms with Gasteiger partial charge in [-0.05, 0) is 20.8 Å². The Bertz CT molecular complexity index is 340. The summed E-state index contributed by atoms with van der Waals surface area (Å²) in [7, 11) is 0. The van der Waals surface area contributed by atoms with Gasteiger partial charge in [0.2, 0.25) is 5.91 Å². The normalized spacial score (nSPS) is 22.7. The average molecular weight is 264 g/mol. The Morgan fingerprint density at radius 2 is 2.11 bits per heavy atom. The quantitative estimate of drug-likeness (QED) is 0.723. The van der Waals surface area contributed by atoms with E-state index in [4.69, 9.17) is 0 Å². The van der Waals surface area contributed by atoms with Gasteiger partial charge >= 0.3 is 11.9 Å². The molecule has 5 nitrogen and oxygen atoms in total. The van der Waals surface area contributed by atoms with E-state index in [9.17, 15) is 18.4 Å². The molecular weight excluding hydrogens is 246 g/mol. The molecular formula is C11H18F2N2O3. The van der Waals surface area contributed by atoms with Crippen LogP contribution in [-0.4, -0.2) is 42.5 Å². The molecule has 0 spiro atoms. The summed E-state index contributed by atoms with van der Waals surface area (Å²) in [5.74, 6) is -5.13. The summed E-state index contributed by atoms with van der Waals surface area (Å²) >= 11 is 0. The summed E-state index contributed by atoms with van der Waals surface area (Å²) in [6, 6.07) is 0. The van der Waals surface area contributed by atoms with Crippen molar-refractivity contribution in [1.82, 2.24) is 10.6 Å². The minimum Gasteiger partial charge on any atom is -0.456 e. The van der Waals surface area contributed by atoms with Crippen LogP contribution in [0.1, 0.15) is 27.2 Å². The maximum Gasteiger partial charge on any atom is 0.377 e. The number of alkyl halides is 2. The highest BCUT2D eigenvalue weighted by molar-refractivity contribution is 5.80. The van der Waals surface area contributed by atoms with Gasteiger partial charge in [-0.1, -0.05) is 0 Å². The third-order valence-electron chi connectivity index (χ3n) is 2.23. The number of esters is 1. The summed E-state index contributed by atoms with van der Waals surface area (Å²) in [5, 5.41) is 5.40. The van der Waals surface area contributed by atoms with E-state index in [1.165, 1.54) is 0 Å². The molecule has 7 heteroatoms. The van der Waals surface area contributed by atoms with Crippen LogP contribution in [-0.2, 0) is 14.3 Å². The van der Waals surface area contributed by atoms with E-state index in [-0.39, 0.29) is 24.5 Å². The summed E-state index contributed by atoms with van der Waals surface area (Å²) in [4.78, 5) is 22.1. The Morgan fingerprint density at radius 1 is 1.50 bits per heavy atom. The molecule has 0 bridgehead atoms. The number of cyclic esters (lactones) is 1. The maximum absolute atomic E-state index is 12.8. The zero-order valence-corrected chi connectivity index (χ0v) is 10.7. The Balaban J connectivity index is 2.24. The van der Waals surface area contributed by atoms with Crippen LogP contribution in [0.15, 0.2) is 0 Å². The van der Waals surface area contributed by atoms with Gasteiger partial charge in [-0.15, -0.1) is 0 Å². The molecule has 1 rings (SSSR count). The lowest BCUT2D eigenvalue weighted by molar-refractivity contribution is -0.158. The topological polar surface area (TPSA) is 67.4 Å². The number of amides is 1. The van der Waals surface area contributed by atoms with Gasteiger partial charge in [-0.3, -0.25) is 4.79 Å². The molecule has 18 heavy (non-hydrogen) atoms. The van der Waals surface area contributed by atoms with Crippen molar-refractivity contribution in [3.8, 4) is 0 Å². The molecule has 0 aliphatic carbocycles. The molecule has 0 radical (unpaired) electrons. The zero-order chi connectivity index (χ0) is 14.0. The second kappa shape index (κ2) is 5.17. The largest absolute Gasteiger partial charge is 0.456 e. The van der Waals surface area contributed by atoms with E-state index in [1.807, 2.05) is 20.8 Å². The molecule has 0 aromatic heterocycles. The molecule has 104 valence electrons. The summed E-state index contributed by atoms with van der Waals surface area (Å²) < 4.78 is 30.1. The number of hydrogen-bond donors (Lipinski definition) is 2. The molecule has 2 N–H and O–H groups in total. The number of carbonyl (C=O) groups excluding carboxylic acids is 2. The molecule has 1 aliphatic rings. The predicted octanol–water partition coefficient (Wildman–Crippen LogP) is 0.441. The van der Waals surface area contributed by atoms with Crippen molar-refractivity contribution < 1.29 is 23.1 Å². The van der Waals surface area contributed by atoms with Crippen molar-refractivity contribution in [2.24, 2.45) is 0 Å². The first kappa shape index (κ1) is 14.8. The van der Waals surface area contributed by atoms with E-state index in [2.05, 4.69) is 15.4 Å². The molecule has 0 saturated carbocycles. The smallest absolute Gasteiger partial charge is 0.377 e. The predicted molar refractivity (Wildman–Crippen MR) is 60.2 cm³/mol. The number of carbonyl (C=O) groups is 2. The minimum atomic E-state index is -3.40. The summed E-state index contributed by atoms with van der Waals surface area (Å²) in [5.41, 5.74) is -0.342. The Hall–Kier alpha value is -1.24. The van der Waals surface area contributed by atoms with E-state index >= 15 is 0 Å². The van der Waals surface area contributed by atoms with Gasteiger partial charge in [0.1, 0.15) is 6.10 Å². The monoisotopic (exact) mass is 264 g/mol. The highest BCUT2D eigenvalue weighted by Crippen LogP contribution is 2.30. The fraction of sp³-hybridized carbons (Fsp3) is 0.818. The van der Waals surface area contributed by atoms with Crippen LogP contribution in [0.3, 0.4) is 0 Å². The van der Waals surface area contributed by atoms with Crippen molar-refractivity contribution in [3.05, 3.63) is 0 Å². The van der Waals surface area contributed by atoms with Crippen molar-refractivity contribution in [1.29, 1.82) is 0 Å². The molecule has 1 aliphatic heterocycles. The molecule has 1 saturated heterocycles. The van der Waals surface area contributed by atoms with Crippen molar-refractivity contribution in [2.75, 3.05) is 13.1 Å². The highest BCUT2D eigenvalue weighted by atomic mass is 19.3. The Labute approximate surface area is 104 Å². The lowest BCUT2D eigenvalue weighted by Crippen LogP contribution is -2.45. The second-order valence-electron chi connectivity index (χ2n) is 5.36. The summed E-state index contributed by atoms with van der Waals surface area (Å²) in [6.07, 6.45) is -1.52. The standard InChI is InChI=1S/C11H18F2N2O3/c1-10(2,3)15-8(16)6-14-5-7-4-11(12,13)9(17)18-7/h7,14H,4-6H2,1-3H3,(H,15,16). The van der Waals surface area contributed by atoms with Crippen molar-refractivity contribution in [2.45, 2.75) is 44.8 Å². The first-order valence-corrected chi connectivity index (χ1v) is 5.71. The average Bonchev–Trinajstić information content (AvgIpc) is 2.37. The first-order chi connectivity index (χ1) is 8.10. The van der Waals surface area contributed by atoms with Gasteiger partial charge in [0.15, 0.2) is 0 Å². The molecule has 1 amide bonds. The number of rotatable bonds is 4. The van der Waals surface area contributed by atoms with E-state index in [1.54, 1.807) is 0 Å². The van der Waals surface area contributed by atoms with Crippen LogP contribution in [0.2, 0.25) is 0 Å². The van der Waals surface area contributed by atoms with Crippen LogP contribution in [0.5, 0.6) is 0 Å². The fourth-order valence-corrected chi connectivity index (χ4v) is 1.57. The lowest BCUT2D eigenvalue weighted by Gasteiger charge is -2.20. The van der Waals surface area contributed by atoms with Gasteiger partial charge < -0.3 is 15.4 Å². The van der Waals surface area contributed by atoms with E-state index < -0.39 is 24.4 Å². The Kier molecular flexibility index (Phi) is 4.26. The number of nitrogens with one attached hydrogen (secondary N) is 2. The third kappa shape index (κ3) is 4.56. The van der Waals surface area contributed by atoms with Crippen molar-refractivity contribution >= 4 is 11.9 Å². The summed E-state index contributed by atoms with van der Waals surface area (Å²) in [6.45, 7) is 5.55. The minimum absolute atomic E-state index is 0.00308. The van der Waals surface area contributed by atoms with E-state index in [0.717, 1.165) is 0 Å². The van der Waals surface area contributed by atoms with Gasteiger partial charge in [-0.25, -0.2) is 4.79 Å². The van der Waals surface area contributed by atoms with Gasteiger partial charge in [0.25, 0.3) is 0 Å². The highest BCUT2D eigenvalue weighted by Gasteiger charge is 2.50. The van der Waals surface area contributed by atoms with E-state index in [0.29, 0.717) is 0 Å². The van der Waals surface area contributed by atoms with Crippen molar-refractivity contribution in [3.63, 3.8) is 0 Å². The first-order valence-electron chi connectivity index (χ1n) is 5.71. The zero-order valence-electron chi connectivity index (χ0n) is 10.7. The van der Waals surface area contributed by atoms with Gasteiger partial charge in [0, 0.05) is 12.1 Å². The van der Waals surface area contributed by atoms with Crippen LogP contribution in [0.4, 0.5) is 8.78 Å². The molecule has 1 fully saturated rings. The lowest BCUT2D eigenvalue weighted by atomic mass is 10.1. The van der Waals surface area contributed by atoms with Crippen LogP contribution in [0.25, 0.3) is 0 Å². The number of halogens is 2. The van der Waals surface area contributed by atoms with Crippen LogP contribution in [0, 0.1) is 0 Å². The Morgan fingerprint density at radius 3 is 2.56 bits per heavy atom. The van der Waals surface area contributed by atoms with Gasteiger partial charge in [-0.2, -0.15) is 8.78 Å². The molecule has 1 atom stereocenters. The number of hydrogen-bond acceptors (Lipinski definition) is 4. The molecule has 1 unspecified atom stereocenters. The molecule has 1 heterocycles. The molecule has 0 aromatic carbocycles. The molecule has 0 aromatic rings. The third-order valence-corrected chi connectivity index (χ3v) is 2.23. The van der Waals surface area contributed by atoms with Crippen LogP contribution < -0.4 is 10.6 Å². The SMILES string of the molecule is CC(C)(C)NC(=O)CNCC1CC(F)(F)C(=O)O1. The fourth-order valence-electron chi connectivity index (χ4n) is 1.57. The number of ether oxygens (including phenoxy) is 1. The van der Waals surface area contributed by atoms with Crippen LogP contribution >= 0.6 is 0 Å². The van der Waals surface area contributed by atoms with Gasteiger partial charge in [0.05, 0.1) is 13.0 Å².